The van der Waals surface area contributed by atoms with E-state index in [1.54, 1.807) is 24.3 Å². The number of likely N-dealkylation sites (N-methyl/N-ethyl adjacent to an activating group) is 1. The summed E-state index contributed by atoms with van der Waals surface area (Å²) in [6.45, 7) is 7.88. The Bertz CT molecular complexity index is 1360. The lowest BCUT2D eigenvalue weighted by Gasteiger charge is -2.22. The fourth-order valence-corrected chi connectivity index (χ4v) is 4.05. The Morgan fingerprint density at radius 3 is 2.79 bits per heavy atom. The van der Waals surface area contributed by atoms with E-state index in [4.69, 9.17) is 4.74 Å². The highest BCUT2D eigenvalue weighted by Gasteiger charge is 2.18. The Morgan fingerprint density at radius 2 is 2.09 bits per heavy atom. The molecule has 34 heavy (non-hydrogen) atoms. The summed E-state index contributed by atoms with van der Waals surface area (Å²) in [7, 11) is 1.56. The summed E-state index contributed by atoms with van der Waals surface area (Å²) in [4.78, 5) is 35.4. The predicted molar refractivity (Wildman–Crippen MR) is 135 cm³/mol. The first-order valence-corrected chi connectivity index (χ1v) is 11.0. The summed E-state index contributed by atoms with van der Waals surface area (Å²) < 4.78 is 5.44. The lowest BCUT2D eigenvalue weighted by Crippen LogP contribution is -2.29. The molecule has 0 saturated carbocycles. The third-order valence-corrected chi connectivity index (χ3v) is 5.70. The molecule has 0 saturated heterocycles. The smallest absolute Gasteiger partial charge is 0.250 e. The Morgan fingerprint density at radius 1 is 1.26 bits per heavy atom. The molecule has 3 aromatic rings. The number of carbonyl (C=O) groups excluding carboxylic acids is 2. The number of nitrogens with one attached hydrogen (secondary N) is 1. The quantitative estimate of drug-likeness (QED) is 0.493. The molecule has 1 aliphatic rings. The molecule has 4 rings (SSSR count). The monoisotopic (exact) mass is 454 g/mol. The molecule has 0 fully saturated rings. The summed E-state index contributed by atoms with van der Waals surface area (Å²) in [6.07, 6.45) is 7.30. The number of ketones is 1. The van der Waals surface area contributed by atoms with Gasteiger partial charge in [-0.25, -0.2) is 9.97 Å². The standard InChI is InChI=1S/C27H26N4O3/c1-5-25(33)31(6-2)22-15-20(11-13-24(22)34-4)29-27-28-16-19-14-18(10-12-21(19)30-27)26-17(3)8-7-9-23(26)32/h5,7-8,10-16H,1,6,9H2,2-4H3,(H,28,29,30). The fraction of sp³-hybridized carbons (Fsp3) is 0.185. The maximum absolute atomic E-state index is 12.4. The molecule has 0 bridgehead atoms. The normalized spacial score (nSPS) is 13.2. The molecular weight excluding hydrogens is 428 g/mol. The number of Topliss-reactive ketones (excluding diaryl/α,β-unsaturated/α-hetero) is 1. The number of fused-ring (bicyclic) bond motifs is 1. The maximum atomic E-state index is 12.4. The number of amides is 1. The molecule has 0 aliphatic heterocycles. The van der Waals surface area contributed by atoms with Crippen LogP contribution in [0.3, 0.4) is 0 Å². The third kappa shape index (κ3) is 4.45. The topological polar surface area (TPSA) is 84.4 Å². The van der Waals surface area contributed by atoms with Gasteiger partial charge in [-0.05, 0) is 61.4 Å². The summed E-state index contributed by atoms with van der Waals surface area (Å²) in [5.74, 6) is 0.894. The number of hydrogen-bond acceptors (Lipinski definition) is 6. The van der Waals surface area contributed by atoms with E-state index in [2.05, 4.69) is 21.9 Å². The molecular formula is C27H26N4O3. The first-order valence-electron chi connectivity index (χ1n) is 11.0. The van der Waals surface area contributed by atoms with Gasteiger partial charge in [0, 0.05) is 35.8 Å². The lowest BCUT2D eigenvalue weighted by molar-refractivity contribution is -0.114. The number of hydrogen-bond donors (Lipinski definition) is 1. The van der Waals surface area contributed by atoms with Crippen molar-refractivity contribution in [1.82, 2.24) is 9.97 Å². The van der Waals surface area contributed by atoms with Crippen molar-refractivity contribution >= 4 is 45.5 Å². The Balaban J connectivity index is 1.64. The van der Waals surface area contributed by atoms with Crippen molar-refractivity contribution < 1.29 is 14.3 Å². The van der Waals surface area contributed by atoms with E-state index in [1.807, 2.05) is 56.3 Å². The molecule has 7 heteroatoms. The molecule has 1 aliphatic carbocycles. The molecule has 0 atom stereocenters. The van der Waals surface area contributed by atoms with Crippen molar-refractivity contribution in [1.29, 1.82) is 0 Å². The van der Waals surface area contributed by atoms with Crippen molar-refractivity contribution in [3.8, 4) is 5.75 Å². The molecule has 0 spiro atoms. The van der Waals surface area contributed by atoms with E-state index < -0.39 is 0 Å². The zero-order valence-corrected chi connectivity index (χ0v) is 19.5. The van der Waals surface area contributed by atoms with Crippen LogP contribution in [-0.4, -0.2) is 35.3 Å². The van der Waals surface area contributed by atoms with Crippen molar-refractivity contribution in [2.75, 3.05) is 23.9 Å². The van der Waals surface area contributed by atoms with Crippen LogP contribution in [0.4, 0.5) is 17.3 Å². The second-order valence-corrected chi connectivity index (χ2v) is 7.85. The second kappa shape index (κ2) is 9.70. The molecule has 1 amide bonds. The van der Waals surface area contributed by atoms with Gasteiger partial charge >= 0.3 is 0 Å². The average Bonchev–Trinajstić information content (AvgIpc) is 2.84. The van der Waals surface area contributed by atoms with Gasteiger partial charge in [0.05, 0.1) is 18.3 Å². The maximum Gasteiger partial charge on any atom is 0.250 e. The van der Waals surface area contributed by atoms with Gasteiger partial charge in [0.25, 0.3) is 0 Å². The average molecular weight is 455 g/mol. The number of nitrogens with zero attached hydrogens (tertiary/aromatic N) is 3. The summed E-state index contributed by atoms with van der Waals surface area (Å²) >= 11 is 0. The van der Waals surface area contributed by atoms with Gasteiger partial charge in [0.1, 0.15) is 5.75 Å². The van der Waals surface area contributed by atoms with Crippen LogP contribution in [0.5, 0.6) is 5.75 Å². The van der Waals surface area contributed by atoms with Crippen molar-refractivity contribution in [2.24, 2.45) is 0 Å². The van der Waals surface area contributed by atoms with Gasteiger partial charge in [0.2, 0.25) is 11.9 Å². The van der Waals surface area contributed by atoms with E-state index in [1.165, 1.54) is 6.08 Å². The van der Waals surface area contributed by atoms with Crippen LogP contribution in [-0.2, 0) is 9.59 Å². The number of rotatable bonds is 7. The Kier molecular flexibility index (Phi) is 6.54. The Labute approximate surface area is 198 Å². The van der Waals surface area contributed by atoms with E-state index in [-0.39, 0.29) is 11.7 Å². The molecule has 1 aromatic heterocycles. The molecule has 0 radical (unpaired) electrons. The lowest BCUT2D eigenvalue weighted by atomic mass is 9.91. The van der Waals surface area contributed by atoms with Crippen LogP contribution >= 0.6 is 0 Å². The van der Waals surface area contributed by atoms with Gasteiger partial charge in [-0.1, -0.05) is 24.8 Å². The fourth-order valence-electron chi connectivity index (χ4n) is 4.05. The molecule has 1 heterocycles. The van der Waals surface area contributed by atoms with Gasteiger partial charge in [0.15, 0.2) is 5.78 Å². The molecule has 172 valence electrons. The van der Waals surface area contributed by atoms with Gasteiger partial charge < -0.3 is 15.0 Å². The van der Waals surface area contributed by atoms with Gasteiger partial charge in [-0.15, -0.1) is 0 Å². The molecule has 7 nitrogen and oxygen atoms in total. The Hall–Kier alpha value is -4.26. The van der Waals surface area contributed by atoms with Crippen LogP contribution in [0, 0.1) is 0 Å². The van der Waals surface area contributed by atoms with Crippen molar-refractivity contribution in [3.63, 3.8) is 0 Å². The van der Waals surface area contributed by atoms with E-state index in [0.717, 1.165) is 27.6 Å². The molecule has 1 N–H and O–H groups in total. The minimum Gasteiger partial charge on any atom is -0.495 e. The van der Waals surface area contributed by atoms with Crippen LogP contribution in [0.25, 0.3) is 16.5 Å². The largest absolute Gasteiger partial charge is 0.495 e. The van der Waals surface area contributed by atoms with Crippen LogP contribution < -0.4 is 15.0 Å². The number of anilines is 3. The first-order chi connectivity index (χ1) is 16.4. The summed E-state index contributed by atoms with van der Waals surface area (Å²) in [6, 6.07) is 11.2. The summed E-state index contributed by atoms with van der Waals surface area (Å²) in [5, 5.41) is 4.04. The highest BCUT2D eigenvalue weighted by Crippen LogP contribution is 2.33. The van der Waals surface area contributed by atoms with Crippen molar-refractivity contribution in [2.45, 2.75) is 20.3 Å². The highest BCUT2D eigenvalue weighted by molar-refractivity contribution is 6.23. The van der Waals surface area contributed by atoms with Crippen LogP contribution in [0.2, 0.25) is 0 Å². The number of benzene rings is 2. The zero-order valence-electron chi connectivity index (χ0n) is 19.5. The first kappa shape index (κ1) is 22.9. The number of aromatic nitrogens is 2. The highest BCUT2D eigenvalue weighted by atomic mass is 16.5. The number of methoxy groups -OCH3 is 1. The van der Waals surface area contributed by atoms with Gasteiger partial charge in [-0.2, -0.15) is 0 Å². The minimum atomic E-state index is -0.215. The van der Waals surface area contributed by atoms with E-state index in [0.29, 0.717) is 36.0 Å². The molecule has 2 aromatic carbocycles. The van der Waals surface area contributed by atoms with Gasteiger partial charge in [-0.3, -0.25) is 9.59 Å². The SMILES string of the molecule is C=CC(=O)N(CC)c1cc(Nc2ncc3cc(C4=C(C)C=CCC4=O)ccc3n2)ccc1OC. The third-order valence-electron chi connectivity index (χ3n) is 5.70. The van der Waals surface area contributed by atoms with Crippen LogP contribution in [0.15, 0.2) is 73.0 Å². The minimum absolute atomic E-state index is 0.116. The van der Waals surface area contributed by atoms with Crippen molar-refractivity contribution in [3.05, 3.63) is 78.5 Å². The van der Waals surface area contributed by atoms with E-state index >= 15 is 0 Å². The number of ether oxygens (including phenoxy) is 1. The number of allylic oxidation sites excluding steroid dienone is 4. The van der Waals surface area contributed by atoms with E-state index in [9.17, 15) is 9.59 Å². The molecule has 0 unspecified atom stereocenters. The second-order valence-electron chi connectivity index (χ2n) is 7.85. The van der Waals surface area contributed by atoms with Crippen LogP contribution in [0.1, 0.15) is 25.8 Å². The zero-order chi connectivity index (χ0) is 24.2. The predicted octanol–water partition coefficient (Wildman–Crippen LogP) is 5.22. The summed E-state index contributed by atoms with van der Waals surface area (Å²) in [5.41, 5.74) is 4.66. The number of carbonyl (C=O) groups is 2.